The van der Waals surface area contributed by atoms with Crippen molar-refractivity contribution in [2.45, 2.75) is 25.4 Å². The lowest BCUT2D eigenvalue weighted by atomic mass is 10.1. The second-order valence-corrected chi connectivity index (χ2v) is 6.44. The van der Waals surface area contributed by atoms with Crippen molar-refractivity contribution in [1.29, 1.82) is 0 Å². The van der Waals surface area contributed by atoms with Crippen LogP contribution in [0.5, 0.6) is 0 Å². The van der Waals surface area contributed by atoms with Gasteiger partial charge >= 0.3 is 0 Å². The molecule has 6 nitrogen and oxygen atoms in total. The van der Waals surface area contributed by atoms with Gasteiger partial charge in [0.15, 0.2) is 0 Å². The van der Waals surface area contributed by atoms with Gasteiger partial charge in [-0.15, -0.1) is 5.10 Å². The SMILES string of the molecule is O=C1CCN(C(=O)c2ccc(-c3csnn3)cc2)C2CCCN12. The highest BCUT2D eigenvalue weighted by atomic mass is 32.1. The van der Waals surface area contributed by atoms with Crippen LogP contribution in [0.3, 0.4) is 0 Å². The summed E-state index contributed by atoms with van der Waals surface area (Å²) < 4.78 is 3.85. The second-order valence-electron chi connectivity index (χ2n) is 5.83. The van der Waals surface area contributed by atoms with E-state index in [0.29, 0.717) is 18.5 Å². The molecule has 2 aromatic rings. The molecular formula is C16H16N4O2S. The molecule has 1 atom stereocenters. The minimum atomic E-state index is -0.0637. The molecule has 2 amide bonds. The molecule has 0 N–H and O–H groups in total. The van der Waals surface area contributed by atoms with Gasteiger partial charge in [-0.3, -0.25) is 9.59 Å². The Morgan fingerprint density at radius 3 is 2.78 bits per heavy atom. The van der Waals surface area contributed by atoms with E-state index in [2.05, 4.69) is 9.59 Å². The normalized spacial score (nSPS) is 20.7. The van der Waals surface area contributed by atoms with Gasteiger partial charge in [-0.05, 0) is 36.5 Å². The first-order chi connectivity index (χ1) is 11.2. The van der Waals surface area contributed by atoms with Crippen molar-refractivity contribution >= 4 is 23.3 Å². The molecule has 0 bridgehead atoms. The minimum absolute atomic E-state index is 0.00245. The van der Waals surface area contributed by atoms with Crippen LogP contribution in [-0.2, 0) is 4.79 Å². The van der Waals surface area contributed by atoms with E-state index in [0.717, 1.165) is 30.6 Å². The number of amides is 2. The van der Waals surface area contributed by atoms with Crippen molar-refractivity contribution in [3.8, 4) is 11.3 Å². The third-order valence-electron chi connectivity index (χ3n) is 4.52. The minimum Gasteiger partial charge on any atom is -0.322 e. The summed E-state index contributed by atoms with van der Waals surface area (Å²) in [6.45, 7) is 1.28. The average Bonchev–Trinajstić information content (AvgIpc) is 3.27. The van der Waals surface area contributed by atoms with Crippen LogP contribution in [0.2, 0.25) is 0 Å². The van der Waals surface area contributed by atoms with E-state index in [-0.39, 0.29) is 18.0 Å². The van der Waals surface area contributed by atoms with Gasteiger partial charge in [-0.1, -0.05) is 16.6 Å². The average molecular weight is 328 g/mol. The van der Waals surface area contributed by atoms with Crippen LogP contribution in [0, 0.1) is 0 Å². The molecule has 1 unspecified atom stereocenters. The van der Waals surface area contributed by atoms with E-state index in [1.807, 2.05) is 39.4 Å². The van der Waals surface area contributed by atoms with Gasteiger partial charge in [0.05, 0.1) is 0 Å². The molecule has 0 saturated carbocycles. The molecule has 2 aliphatic heterocycles. The summed E-state index contributed by atoms with van der Waals surface area (Å²) in [7, 11) is 0. The maximum Gasteiger partial charge on any atom is 0.255 e. The number of carbonyl (C=O) groups excluding carboxylic acids is 2. The zero-order valence-electron chi connectivity index (χ0n) is 12.5. The van der Waals surface area contributed by atoms with Crippen LogP contribution in [0.1, 0.15) is 29.6 Å². The molecule has 2 fully saturated rings. The zero-order valence-corrected chi connectivity index (χ0v) is 13.3. The van der Waals surface area contributed by atoms with Gasteiger partial charge in [0.1, 0.15) is 11.9 Å². The summed E-state index contributed by atoms with van der Waals surface area (Å²) in [6.07, 6.45) is 2.20. The second kappa shape index (κ2) is 5.73. The largest absolute Gasteiger partial charge is 0.322 e. The number of carbonyl (C=O) groups is 2. The van der Waals surface area contributed by atoms with Crippen LogP contribution in [-0.4, -0.2) is 50.5 Å². The van der Waals surface area contributed by atoms with E-state index in [9.17, 15) is 9.59 Å². The lowest BCUT2D eigenvalue weighted by molar-refractivity contribution is -0.139. The van der Waals surface area contributed by atoms with E-state index in [1.165, 1.54) is 11.5 Å². The quantitative estimate of drug-likeness (QED) is 0.846. The first kappa shape index (κ1) is 14.3. The predicted molar refractivity (Wildman–Crippen MR) is 85.7 cm³/mol. The van der Waals surface area contributed by atoms with E-state index in [4.69, 9.17) is 0 Å². The smallest absolute Gasteiger partial charge is 0.255 e. The summed E-state index contributed by atoms with van der Waals surface area (Å²) >= 11 is 1.30. The zero-order chi connectivity index (χ0) is 15.8. The molecule has 23 heavy (non-hydrogen) atoms. The Balaban J connectivity index is 1.56. The van der Waals surface area contributed by atoms with E-state index in [1.54, 1.807) is 0 Å². The maximum atomic E-state index is 12.8. The van der Waals surface area contributed by atoms with Crippen LogP contribution in [0.4, 0.5) is 0 Å². The molecule has 7 heteroatoms. The number of aromatic nitrogens is 2. The highest BCUT2D eigenvalue weighted by Gasteiger charge is 2.39. The van der Waals surface area contributed by atoms with Crippen LogP contribution in [0.15, 0.2) is 29.6 Å². The lowest BCUT2D eigenvalue weighted by Crippen LogP contribution is -2.55. The molecule has 1 aromatic heterocycles. The number of hydrogen-bond donors (Lipinski definition) is 0. The Bertz CT molecular complexity index is 729. The van der Waals surface area contributed by atoms with Gasteiger partial charge in [0.2, 0.25) is 5.91 Å². The maximum absolute atomic E-state index is 12.8. The molecule has 3 heterocycles. The molecule has 4 rings (SSSR count). The molecule has 0 aliphatic carbocycles. The third-order valence-corrected chi connectivity index (χ3v) is 5.02. The van der Waals surface area contributed by atoms with Gasteiger partial charge in [-0.2, -0.15) is 0 Å². The number of hydrogen-bond acceptors (Lipinski definition) is 5. The Labute approximate surface area is 137 Å². The lowest BCUT2D eigenvalue weighted by Gasteiger charge is -2.39. The van der Waals surface area contributed by atoms with Crippen molar-refractivity contribution in [2.75, 3.05) is 13.1 Å². The van der Waals surface area contributed by atoms with Gasteiger partial charge in [-0.25, -0.2) is 0 Å². The Morgan fingerprint density at radius 2 is 2.04 bits per heavy atom. The molecule has 2 saturated heterocycles. The van der Waals surface area contributed by atoms with Crippen molar-refractivity contribution in [3.05, 3.63) is 35.2 Å². The molecule has 0 spiro atoms. The number of benzene rings is 1. The van der Waals surface area contributed by atoms with E-state index >= 15 is 0 Å². The molecular weight excluding hydrogens is 312 g/mol. The van der Waals surface area contributed by atoms with Crippen molar-refractivity contribution in [3.63, 3.8) is 0 Å². The number of nitrogens with zero attached hydrogens (tertiary/aromatic N) is 4. The van der Waals surface area contributed by atoms with Gasteiger partial charge in [0, 0.05) is 36.0 Å². The first-order valence-electron chi connectivity index (χ1n) is 7.72. The molecule has 118 valence electrons. The molecule has 1 aromatic carbocycles. The van der Waals surface area contributed by atoms with Crippen LogP contribution < -0.4 is 0 Å². The summed E-state index contributed by atoms with van der Waals surface area (Å²) in [5.74, 6) is 0.167. The Hall–Kier alpha value is -2.28. The first-order valence-corrected chi connectivity index (χ1v) is 8.55. The highest BCUT2D eigenvalue weighted by Crippen LogP contribution is 2.28. The van der Waals surface area contributed by atoms with Crippen LogP contribution in [0.25, 0.3) is 11.3 Å². The summed E-state index contributed by atoms with van der Waals surface area (Å²) in [4.78, 5) is 28.4. The fourth-order valence-corrected chi connectivity index (χ4v) is 3.81. The highest BCUT2D eigenvalue weighted by molar-refractivity contribution is 7.03. The molecule has 0 radical (unpaired) electrons. The van der Waals surface area contributed by atoms with E-state index < -0.39 is 0 Å². The van der Waals surface area contributed by atoms with Crippen molar-refractivity contribution < 1.29 is 9.59 Å². The van der Waals surface area contributed by atoms with Gasteiger partial charge < -0.3 is 9.80 Å². The van der Waals surface area contributed by atoms with Crippen LogP contribution >= 0.6 is 11.5 Å². The van der Waals surface area contributed by atoms with Gasteiger partial charge in [0.25, 0.3) is 5.91 Å². The third kappa shape index (κ3) is 2.50. The Morgan fingerprint density at radius 1 is 1.22 bits per heavy atom. The number of rotatable bonds is 2. The topological polar surface area (TPSA) is 66.4 Å². The number of fused-ring (bicyclic) bond motifs is 1. The predicted octanol–water partition coefficient (Wildman–Crippen LogP) is 2.00. The van der Waals surface area contributed by atoms with Crippen molar-refractivity contribution in [1.82, 2.24) is 19.4 Å². The fourth-order valence-electron chi connectivity index (χ4n) is 3.35. The summed E-state index contributed by atoms with van der Waals surface area (Å²) in [6, 6.07) is 7.44. The summed E-state index contributed by atoms with van der Waals surface area (Å²) in [5.41, 5.74) is 2.42. The fraction of sp³-hybridized carbons (Fsp3) is 0.375. The molecule has 2 aliphatic rings. The standard InChI is InChI=1S/C16H16N4O2S/c21-15-7-9-20(14-2-1-8-19(14)15)16(22)12-5-3-11(4-6-12)13-10-23-18-17-13/h3-6,10,14H,1-2,7-9H2. The summed E-state index contributed by atoms with van der Waals surface area (Å²) in [5, 5.41) is 5.91. The monoisotopic (exact) mass is 328 g/mol. The van der Waals surface area contributed by atoms with Crippen molar-refractivity contribution in [2.24, 2.45) is 0 Å². The Kier molecular flexibility index (Phi) is 3.57.